The molecule has 1 heterocycles. The van der Waals surface area contributed by atoms with Gasteiger partial charge in [0.25, 0.3) is 0 Å². The molecular weight excluding hydrogens is 164 g/mol. The van der Waals surface area contributed by atoms with E-state index in [1.54, 1.807) is 0 Å². The van der Waals surface area contributed by atoms with Crippen LogP contribution >= 0.6 is 0 Å². The van der Waals surface area contributed by atoms with E-state index in [1.807, 2.05) is 38.1 Å². The van der Waals surface area contributed by atoms with Crippen LogP contribution in [-0.4, -0.2) is 6.29 Å². The van der Waals surface area contributed by atoms with Crippen molar-refractivity contribution in [1.82, 2.24) is 0 Å². The van der Waals surface area contributed by atoms with Gasteiger partial charge in [-0.15, -0.1) is 0 Å². The van der Waals surface area contributed by atoms with Gasteiger partial charge in [-0.2, -0.15) is 0 Å². The maximum Gasteiger partial charge on any atom is 0.156 e. The van der Waals surface area contributed by atoms with Crippen LogP contribution in [0.4, 0.5) is 0 Å². The van der Waals surface area contributed by atoms with E-state index in [2.05, 4.69) is 0 Å². The van der Waals surface area contributed by atoms with Gasteiger partial charge in [-0.1, -0.05) is 24.3 Å². The summed E-state index contributed by atoms with van der Waals surface area (Å²) in [7, 11) is 0. The minimum atomic E-state index is -0.740. The molecule has 68 valence electrons. The predicted molar refractivity (Wildman–Crippen MR) is 49.4 cm³/mol. The molecule has 0 radical (unpaired) electrons. The van der Waals surface area contributed by atoms with Gasteiger partial charge in [0.15, 0.2) is 6.29 Å². The van der Waals surface area contributed by atoms with Crippen LogP contribution in [0.5, 0.6) is 0 Å². The summed E-state index contributed by atoms with van der Waals surface area (Å²) < 4.78 is 5.60. The summed E-state index contributed by atoms with van der Waals surface area (Å²) in [5.41, 5.74) is 1.38. The average molecular weight is 176 g/mol. The van der Waals surface area contributed by atoms with Gasteiger partial charge in [0, 0.05) is 0 Å². The molecule has 2 unspecified atom stereocenters. The van der Waals surface area contributed by atoms with Crippen LogP contribution in [-0.2, 0) is 15.1 Å². The van der Waals surface area contributed by atoms with E-state index in [4.69, 9.17) is 4.74 Å². The zero-order valence-corrected chi connectivity index (χ0v) is 7.78. The second-order valence-corrected chi connectivity index (χ2v) is 3.57. The van der Waals surface area contributed by atoms with E-state index in [0.29, 0.717) is 0 Å². The van der Waals surface area contributed by atoms with Crippen LogP contribution in [0.25, 0.3) is 0 Å². The van der Waals surface area contributed by atoms with Crippen LogP contribution in [0.2, 0.25) is 0 Å². The lowest BCUT2D eigenvalue weighted by Gasteiger charge is -2.17. The molecule has 1 aliphatic rings. The van der Waals surface area contributed by atoms with Crippen LogP contribution in [0.15, 0.2) is 24.3 Å². The third kappa shape index (κ3) is 1.10. The lowest BCUT2D eigenvalue weighted by molar-refractivity contribution is -0.132. The van der Waals surface area contributed by atoms with Crippen molar-refractivity contribution in [3.05, 3.63) is 35.4 Å². The van der Waals surface area contributed by atoms with Gasteiger partial charge in [-0.3, -0.25) is 4.79 Å². The summed E-state index contributed by atoms with van der Waals surface area (Å²) in [5.74, 6) is 0. The standard InChI is InChI=1S/C11H12O2/c1-8-9-5-3-4-6-10(9)11(2,7-12)13-8/h3-8H,1-2H3. The quantitative estimate of drug-likeness (QED) is 0.613. The van der Waals surface area contributed by atoms with Gasteiger partial charge in [-0.05, 0) is 25.0 Å². The molecule has 0 aliphatic carbocycles. The third-order valence-electron chi connectivity index (χ3n) is 2.58. The highest BCUT2D eigenvalue weighted by Gasteiger charge is 2.38. The van der Waals surface area contributed by atoms with Crippen LogP contribution in [0.3, 0.4) is 0 Å². The topological polar surface area (TPSA) is 26.3 Å². The number of aldehydes is 1. The van der Waals surface area contributed by atoms with E-state index in [1.165, 1.54) is 0 Å². The molecule has 0 saturated carbocycles. The molecule has 0 spiro atoms. The van der Waals surface area contributed by atoms with Crippen LogP contribution in [0.1, 0.15) is 31.1 Å². The van der Waals surface area contributed by atoms with Gasteiger partial charge in [-0.25, -0.2) is 0 Å². The summed E-state index contributed by atoms with van der Waals surface area (Å²) in [6.07, 6.45) is 0.890. The first-order valence-electron chi connectivity index (χ1n) is 4.41. The molecule has 2 rings (SSSR count). The van der Waals surface area contributed by atoms with E-state index in [0.717, 1.165) is 17.4 Å². The normalized spacial score (nSPS) is 31.4. The molecule has 2 atom stereocenters. The summed E-state index contributed by atoms with van der Waals surface area (Å²) in [4.78, 5) is 10.9. The number of rotatable bonds is 1. The van der Waals surface area contributed by atoms with Crippen LogP contribution in [0, 0.1) is 0 Å². The molecule has 1 aromatic carbocycles. The van der Waals surface area contributed by atoms with E-state index in [-0.39, 0.29) is 6.10 Å². The summed E-state index contributed by atoms with van der Waals surface area (Å²) in [5, 5.41) is 0. The predicted octanol–water partition coefficient (Wildman–Crippen LogP) is 2.19. The first kappa shape index (κ1) is 8.45. The Bertz CT molecular complexity index is 346. The number of ether oxygens (including phenoxy) is 1. The molecule has 0 amide bonds. The molecule has 0 N–H and O–H groups in total. The number of fused-ring (bicyclic) bond motifs is 1. The minimum absolute atomic E-state index is 0.0198. The molecule has 13 heavy (non-hydrogen) atoms. The number of hydrogen-bond donors (Lipinski definition) is 0. The summed E-state index contributed by atoms with van der Waals surface area (Å²) in [6.45, 7) is 3.77. The largest absolute Gasteiger partial charge is 0.355 e. The van der Waals surface area contributed by atoms with Crippen molar-refractivity contribution in [2.24, 2.45) is 0 Å². The molecule has 0 bridgehead atoms. The Balaban J connectivity index is 2.59. The Morgan fingerprint density at radius 1 is 1.46 bits per heavy atom. The fraction of sp³-hybridized carbons (Fsp3) is 0.364. The van der Waals surface area contributed by atoms with Crippen molar-refractivity contribution >= 4 is 6.29 Å². The summed E-state index contributed by atoms with van der Waals surface area (Å²) >= 11 is 0. The van der Waals surface area contributed by atoms with Crippen LogP contribution < -0.4 is 0 Å². The molecule has 1 aromatic rings. The molecule has 0 fully saturated rings. The van der Waals surface area contributed by atoms with Crippen molar-refractivity contribution in [2.75, 3.05) is 0 Å². The second kappa shape index (κ2) is 2.67. The van der Waals surface area contributed by atoms with E-state index < -0.39 is 5.60 Å². The lowest BCUT2D eigenvalue weighted by atomic mass is 9.95. The summed E-state index contributed by atoms with van der Waals surface area (Å²) in [6, 6.07) is 7.86. The highest BCUT2D eigenvalue weighted by atomic mass is 16.5. The molecular formula is C11H12O2. The smallest absolute Gasteiger partial charge is 0.156 e. The second-order valence-electron chi connectivity index (χ2n) is 3.57. The molecule has 2 nitrogen and oxygen atoms in total. The van der Waals surface area contributed by atoms with Gasteiger partial charge < -0.3 is 4.74 Å². The van der Waals surface area contributed by atoms with Gasteiger partial charge in [0.05, 0.1) is 6.10 Å². The molecule has 0 aromatic heterocycles. The van der Waals surface area contributed by atoms with Gasteiger partial charge in [0.1, 0.15) is 5.60 Å². The SMILES string of the molecule is CC1OC(C)(C=O)c2ccccc21. The van der Waals surface area contributed by atoms with Crippen molar-refractivity contribution in [2.45, 2.75) is 25.6 Å². The number of carbonyl (C=O) groups is 1. The third-order valence-corrected chi connectivity index (χ3v) is 2.58. The molecule has 0 saturated heterocycles. The Morgan fingerprint density at radius 2 is 2.15 bits per heavy atom. The highest BCUT2D eigenvalue weighted by Crippen LogP contribution is 2.41. The number of hydrogen-bond acceptors (Lipinski definition) is 2. The molecule has 2 heteroatoms. The number of carbonyl (C=O) groups excluding carboxylic acids is 1. The lowest BCUT2D eigenvalue weighted by Crippen LogP contribution is -2.22. The van der Waals surface area contributed by atoms with Crippen molar-refractivity contribution < 1.29 is 9.53 Å². The Morgan fingerprint density at radius 3 is 2.85 bits per heavy atom. The van der Waals surface area contributed by atoms with Gasteiger partial charge >= 0.3 is 0 Å². The van der Waals surface area contributed by atoms with Crippen molar-refractivity contribution in [3.63, 3.8) is 0 Å². The Kier molecular flexibility index (Phi) is 1.74. The fourth-order valence-electron chi connectivity index (χ4n) is 1.89. The van der Waals surface area contributed by atoms with Crippen molar-refractivity contribution in [3.8, 4) is 0 Å². The van der Waals surface area contributed by atoms with E-state index in [9.17, 15) is 4.79 Å². The fourth-order valence-corrected chi connectivity index (χ4v) is 1.89. The first-order valence-corrected chi connectivity index (χ1v) is 4.41. The Labute approximate surface area is 77.5 Å². The minimum Gasteiger partial charge on any atom is -0.355 e. The van der Waals surface area contributed by atoms with E-state index >= 15 is 0 Å². The van der Waals surface area contributed by atoms with Gasteiger partial charge in [0.2, 0.25) is 0 Å². The monoisotopic (exact) mass is 176 g/mol. The maximum absolute atomic E-state index is 10.9. The first-order chi connectivity index (χ1) is 6.17. The number of benzene rings is 1. The zero-order chi connectivity index (χ0) is 9.47. The zero-order valence-electron chi connectivity index (χ0n) is 7.78. The maximum atomic E-state index is 10.9. The van der Waals surface area contributed by atoms with Crippen molar-refractivity contribution in [1.29, 1.82) is 0 Å². The Hall–Kier alpha value is -1.15. The molecule has 1 aliphatic heterocycles. The average Bonchev–Trinajstić information content (AvgIpc) is 2.42. The highest BCUT2D eigenvalue weighted by molar-refractivity contribution is 5.68.